The maximum Gasteiger partial charge on any atom is 0.142 e. The number of anilines is 1. The number of halogens is 1. The van der Waals surface area contributed by atoms with Crippen molar-refractivity contribution in [1.82, 2.24) is 0 Å². The molecule has 3 nitrogen and oxygen atoms in total. The highest BCUT2D eigenvalue weighted by molar-refractivity contribution is 6.30. The van der Waals surface area contributed by atoms with Crippen molar-refractivity contribution in [2.24, 2.45) is 0 Å². The van der Waals surface area contributed by atoms with Gasteiger partial charge < -0.3 is 14.8 Å². The Balaban J connectivity index is 2.08. The summed E-state index contributed by atoms with van der Waals surface area (Å²) in [5, 5.41) is 4.25. The van der Waals surface area contributed by atoms with Gasteiger partial charge in [-0.1, -0.05) is 11.6 Å². The normalized spacial score (nSPS) is 20.2. The minimum atomic E-state index is 0.435. The maximum absolute atomic E-state index is 6.05. The number of ether oxygens (including phenoxy) is 2. The molecule has 18 heavy (non-hydrogen) atoms. The Kier molecular flexibility index (Phi) is 5.14. The van der Waals surface area contributed by atoms with Gasteiger partial charge in [-0.3, -0.25) is 0 Å². The standard InChI is InChI=1S/C14H20ClNO2/c1-2-18-14-6-5-11(15)10-13(14)16-12-4-3-8-17-9-7-12/h5-6,10,12,16H,2-4,7-9H2,1H3. The molecule has 1 fully saturated rings. The van der Waals surface area contributed by atoms with Gasteiger partial charge in [0.2, 0.25) is 0 Å². The molecule has 1 heterocycles. The minimum Gasteiger partial charge on any atom is -0.492 e. The molecule has 100 valence electrons. The molecule has 0 spiro atoms. The lowest BCUT2D eigenvalue weighted by Crippen LogP contribution is -2.20. The van der Waals surface area contributed by atoms with Gasteiger partial charge in [-0.15, -0.1) is 0 Å². The zero-order chi connectivity index (χ0) is 12.8. The van der Waals surface area contributed by atoms with Crippen molar-refractivity contribution in [3.8, 4) is 5.75 Å². The van der Waals surface area contributed by atoms with E-state index in [2.05, 4.69) is 5.32 Å². The van der Waals surface area contributed by atoms with Crippen LogP contribution >= 0.6 is 11.6 Å². The monoisotopic (exact) mass is 269 g/mol. The van der Waals surface area contributed by atoms with Gasteiger partial charge in [0.05, 0.1) is 12.3 Å². The molecule has 1 unspecified atom stereocenters. The third-order valence-corrected chi connectivity index (χ3v) is 3.29. The van der Waals surface area contributed by atoms with Gasteiger partial charge in [0.1, 0.15) is 5.75 Å². The van der Waals surface area contributed by atoms with Crippen LogP contribution in [0.3, 0.4) is 0 Å². The van der Waals surface area contributed by atoms with Crippen LogP contribution in [0.25, 0.3) is 0 Å². The Morgan fingerprint density at radius 1 is 1.39 bits per heavy atom. The van der Waals surface area contributed by atoms with Crippen LogP contribution in [0, 0.1) is 0 Å². The second-order valence-electron chi connectivity index (χ2n) is 4.46. The Labute approximate surface area is 113 Å². The van der Waals surface area contributed by atoms with E-state index >= 15 is 0 Å². The lowest BCUT2D eigenvalue weighted by Gasteiger charge is -2.19. The third kappa shape index (κ3) is 3.79. The molecular formula is C14H20ClNO2. The van der Waals surface area contributed by atoms with Crippen LogP contribution in [0.5, 0.6) is 5.75 Å². The van der Waals surface area contributed by atoms with Crippen molar-refractivity contribution in [2.45, 2.75) is 32.2 Å². The Morgan fingerprint density at radius 2 is 2.28 bits per heavy atom. The van der Waals surface area contributed by atoms with Crippen LogP contribution in [0.4, 0.5) is 5.69 Å². The summed E-state index contributed by atoms with van der Waals surface area (Å²) in [5.41, 5.74) is 0.983. The SMILES string of the molecule is CCOc1ccc(Cl)cc1NC1CCCOCC1. The molecule has 1 aromatic carbocycles. The molecule has 0 amide bonds. The number of nitrogens with one attached hydrogen (secondary N) is 1. The van der Waals surface area contributed by atoms with Gasteiger partial charge >= 0.3 is 0 Å². The highest BCUT2D eigenvalue weighted by Crippen LogP contribution is 2.29. The number of rotatable bonds is 4. The first-order chi connectivity index (χ1) is 8.79. The molecule has 1 aliphatic rings. The fourth-order valence-electron chi connectivity index (χ4n) is 2.16. The fraction of sp³-hybridized carbons (Fsp3) is 0.571. The highest BCUT2D eigenvalue weighted by atomic mass is 35.5. The quantitative estimate of drug-likeness (QED) is 0.904. The van der Waals surface area contributed by atoms with Crippen molar-refractivity contribution in [2.75, 3.05) is 25.1 Å². The van der Waals surface area contributed by atoms with Crippen molar-refractivity contribution in [3.63, 3.8) is 0 Å². The first-order valence-corrected chi connectivity index (χ1v) is 6.94. The van der Waals surface area contributed by atoms with Gasteiger partial charge in [0.25, 0.3) is 0 Å². The Morgan fingerprint density at radius 3 is 3.11 bits per heavy atom. The molecule has 1 aromatic rings. The van der Waals surface area contributed by atoms with E-state index in [9.17, 15) is 0 Å². The van der Waals surface area contributed by atoms with Crippen LogP contribution in [0.15, 0.2) is 18.2 Å². The Hall–Kier alpha value is -0.930. The molecule has 1 saturated heterocycles. The third-order valence-electron chi connectivity index (χ3n) is 3.05. The summed E-state index contributed by atoms with van der Waals surface area (Å²) < 4.78 is 11.1. The number of benzene rings is 1. The van der Waals surface area contributed by atoms with E-state index in [1.807, 2.05) is 25.1 Å². The predicted molar refractivity (Wildman–Crippen MR) is 74.7 cm³/mol. The lowest BCUT2D eigenvalue weighted by atomic mass is 10.1. The Bertz CT molecular complexity index is 376. The van der Waals surface area contributed by atoms with Crippen LogP contribution in [-0.2, 0) is 4.74 Å². The zero-order valence-corrected chi connectivity index (χ0v) is 11.5. The predicted octanol–water partition coefficient (Wildman–Crippen LogP) is 3.72. The van der Waals surface area contributed by atoms with Crippen LogP contribution < -0.4 is 10.1 Å². The summed E-state index contributed by atoms with van der Waals surface area (Å²) in [6.45, 7) is 4.33. The molecule has 2 rings (SSSR count). The van der Waals surface area contributed by atoms with Crippen molar-refractivity contribution >= 4 is 17.3 Å². The average Bonchev–Trinajstić information content (AvgIpc) is 2.61. The molecule has 4 heteroatoms. The number of hydrogen-bond donors (Lipinski definition) is 1. The van der Waals surface area contributed by atoms with Crippen LogP contribution in [-0.4, -0.2) is 25.9 Å². The second kappa shape index (κ2) is 6.86. The van der Waals surface area contributed by atoms with E-state index < -0.39 is 0 Å². The fourth-order valence-corrected chi connectivity index (χ4v) is 2.34. The van der Waals surface area contributed by atoms with Gasteiger partial charge in [0.15, 0.2) is 0 Å². The van der Waals surface area contributed by atoms with E-state index in [4.69, 9.17) is 21.1 Å². The second-order valence-corrected chi connectivity index (χ2v) is 4.89. The topological polar surface area (TPSA) is 30.5 Å². The maximum atomic E-state index is 6.05. The average molecular weight is 270 g/mol. The molecule has 1 atom stereocenters. The minimum absolute atomic E-state index is 0.435. The van der Waals surface area contributed by atoms with Crippen LogP contribution in [0.2, 0.25) is 5.02 Å². The highest BCUT2D eigenvalue weighted by Gasteiger charge is 2.14. The largest absolute Gasteiger partial charge is 0.492 e. The van der Waals surface area contributed by atoms with Gasteiger partial charge in [-0.2, -0.15) is 0 Å². The van der Waals surface area contributed by atoms with Crippen molar-refractivity contribution in [1.29, 1.82) is 0 Å². The van der Waals surface area contributed by atoms with Crippen LogP contribution in [0.1, 0.15) is 26.2 Å². The van der Waals surface area contributed by atoms with E-state index in [0.29, 0.717) is 12.6 Å². The zero-order valence-electron chi connectivity index (χ0n) is 10.7. The summed E-state index contributed by atoms with van der Waals surface area (Å²) >= 11 is 6.05. The molecule has 0 radical (unpaired) electrons. The van der Waals surface area contributed by atoms with Crippen molar-refractivity contribution < 1.29 is 9.47 Å². The summed E-state index contributed by atoms with van der Waals surface area (Å²) in [5.74, 6) is 0.868. The van der Waals surface area contributed by atoms with E-state index in [-0.39, 0.29) is 0 Å². The molecule has 1 N–H and O–H groups in total. The lowest BCUT2D eigenvalue weighted by molar-refractivity contribution is 0.144. The molecule has 0 aliphatic carbocycles. The summed E-state index contributed by atoms with van der Waals surface area (Å²) in [6, 6.07) is 6.14. The summed E-state index contributed by atoms with van der Waals surface area (Å²) in [7, 11) is 0. The number of hydrogen-bond acceptors (Lipinski definition) is 3. The molecule has 0 aromatic heterocycles. The van der Waals surface area contributed by atoms with Gasteiger partial charge in [0, 0.05) is 24.3 Å². The molecular weight excluding hydrogens is 250 g/mol. The van der Waals surface area contributed by atoms with E-state index in [0.717, 1.165) is 48.9 Å². The van der Waals surface area contributed by atoms with Gasteiger partial charge in [-0.25, -0.2) is 0 Å². The smallest absolute Gasteiger partial charge is 0.142 e. The van der Waals surface area contributed by atoms with E-state index in [1.165, 1.54) is 0 Å². The summed E-state index contributed by atoms with van der Waals surface area (Å²) in [6.07, 6.45) is 3.25. The first kappa shape index (κ1) is 13.5. The molecule has 0 bridgehead atoms. The first-order valence-electron chi connectivity index (χ1n) is 6.56. The van der Waals surface area contributed by atoms with E-state index in [1.54, 1.807) is 0 Å². The molecule has 0 saturated carbocycles. The van der Waals surface area contributed by atoms with Crippen molar-refractivity contribution in [3.05, 3.63) is 23.2 Å². The van der Waals surface area contributed by atoms with Gasteiger partial charge in [-0.05, 0) is 44.4 Å². The molecule has 1 aliphatic heterocycles. The summed E-state index contributed by atoms with van der Waals surface area (Å²) in [4.78, 5) is 0.